The Labute approximate surface area is 148 Å². The topological polar surface area (TPSA) is 73.6 Å². The minimum Gasteiger partial charge on any atom is -0.489 e. The third kappa shape index (κ3) is 4.98. The molecule has 1 aromatic carbocycles. The minimum absolute atomic E-state index is 0. The zero-order valence-corrected chi connectivity index (χ0v) is 15.0. The van der Waals surface area contributed by atoms with Crippen molar-refractivity contribution in [3.8, 4) is 5.75 Å². The second-order valence-corrected chi connectivity index (χ2v) is 6.27. The number of nitrogens with two attached hydrogens (primary N) is 1. The smallest absolute Gasteiger partial charge is 0.232 e. The second-order valence-electron chi connectivity index (χ2n) is 5.86. The lowest BCUT2D eigenvalue weighted by Gasteiger charge is -2.34. The van der Waals surface area contributed by atoms with Crippen molar-refractivity contribution < 1.29 is 14.3 Å². The van der Waals surface area contributed by atoms with Gasteiger partial charge in [0, 0.05) is 25.4 Å². The lowest BCUT2D eigenvalue weighted by atomic mass is 9.79. The van der Waals surface area contributed by atoms with Crippen LogP contribution in [0.5, 0.6) is 5.75 Å². The lowest BCUT2D eigenvalue weighted by Crippen LogP contribution is -2.46. The summed E-state index contributed by atoms with van der Waals surface area (Å²) < 4.78 is 10.9. The highest BCUT2D eigenvalue weighted by atomic mass is 35.5. The van der Waals surface area contributed by atoms with Crippen molar-refractivity contribution >= 4 is 35.6 Å². The molecule has 0 atom stereocenters. The van der Waals surface area contributed by atoms with E-state index in [-0.39, 0.29) is 24.4 Å². The summed E-state index contributed by atoms with van der Waals surface area (Å²) in [4.78, 5) is 12.6. The van der Waals surface area contributed by atoms with E-state index in [0.717, 1.165) is 0 Å². The van der Waals surface area contributed by atoms with E-state index in [9.17, 15) is 4.79 Å². The van der Waals surface area contributed by atoms with Gasteiger partial charge in [-0.25, -0.2) is 0 Å². The molecule has 0 spiro atoms. The molecule has 1 aromatic rings. The number of benzene rings is 1. The van der Waals surface area contributed by atoms with Gasteiger partial charge in [-0.2, -0.15) is 0 Å². The third-order valence-electron chi connectivity index (χ3n) is 3.87. The molecule has 2 rings (SSSR count). The van der Waals surface area contributed by atoms with E-state index in [1.165, 1.54) is 0 Å². The van der Waals surface area contributed by atoms with Gasteiger partial charge in [-0.15, -0.1) is 12.4 Å². The van der Waals surface area contributed by atoms with E-state index in [4.69, 9.17) is 26.8 Å². The van der Waals surface area contributed by atoms with Crippen LogP contribution in [0.15, 0.2) is 18.2 Å². The van der Waals surface area contributed by atoms with Crippen molar-refractivity contribution in [3.05, 3.63) is 23.2 Å². The lowest BCUT2D eigenvalue weighted by molar-refractivity contribution is -0.130. The van der Waals surface area contributed by atoms with Gasteiger partial charge in [0.15, 0.2) is 0 Å². The SMILES string of the molecule is CC(C)Oc1ccc(NC(=O)C2(CN)CCOCC2)cc1Cl.Cl. The van der Waals surface area contributed by atoms with Crippen LogP contribution in [0, 0.1) is 5.41 Å². The molecule has 1 aliphatic rings. The van der Waals surface area contributed by atoms with Crippen LogP contribution in [0.3, 0.4) is 0 Å². The summed E-state index contributed by atoms with van der Waals surface area (Å²) in [7, 11) is 0. The van der Waals surface area contributed by atoms with Crippen molar-refractivity contribution in [2.75, 3.05) is 25.1 Å². The van der Waals surface area contributed by atoms with Gasteiger partial charge in [-0.1, -0.05) is 11.6 Å². The molecule has 0 aliphatic carbocycles. The Bertz CT molecular complexity index is 532. The van der Waals surface area contributed by atoms with Crippen LogP contribution in [-0.2, 0) is 9.53 Å². The van der Waals surface area contributed by atoms with Gasteiger partial charge < -0.3 is 20.5 Å². The summed E-state index contributed by atoms with van der Waals surface area (Å²) in [5.74, 6) is 0.529. The highest BCUT2D eigenvalue weighted by Gasteiger charge is 2.38. The van der Waals surface area contributed by atoms with Crippen LogP contribution >= 0.6 is 24.0 Å². The van der Waals surface area contributed by atoms with Crippen LogP contribution in [0.2, 0.25) is 5.02 Å². The average molecular weight is 363 g/mol. The van der Waals surface area contributed by atoms with Gasteiger partial charge in [0.05, 0.1) is 16.5 Å². The number of carbonyl (C=O) groups excluding carboxylic acids is 1. The summed E-state index contributed by atoms with van der Waals surface area (Å²) >= 11 is 6.19. The fourth-order valence-electron chi connectivity index (χ4n) is 2.48. The molecule has 130 valence electrons. The van der Waals surface area contributed by atoms with Crippen LogP contribution in [0.4, 0.5) is 5.69 Å². The standard InChI is InChI=1S/C16H23ClN2O3.ClH/c1-11(2)22-14-4-3-12(9-13(14)17)19-15(20)16(10-18)5-7-21-8-6-16;/h3-4,9,11H,5-8,10,18H2,1-2H3,(H,19,20);1H. The summed E-state index contributed by atoms with van der Waals surface area (Å²) in [6.07, 6.45) is 1.32. The quantitative estimate of drug-likeness (QED) is 0.842. The molecule has 0 radical (unpaired) electrons. The molecule has 0 bridgehead atoms. The minimum atomic E-state index is -0.558. The molecular formula is C16H24Cl2N2O3. The first kappa shape index (κ1) is 20.0. The molecule has 7 heteroatoms. The van der Waals surface area contributed by atoms with Crippen molar-refractivity contribution in [1.29, 1.82) is 0 Å². The van der Waals surface area contributed by atoms with E-state index >= 15 is 0 Å². The molecule has 1 aliphatic heterocycles. The molecule has 1 fully saturated rings. The number of nitrogens with one attached hydrogen (secondary N) is 1. The molecule has 1 amide bonds. The molecule has 0 unspecified atom stereocenters. The molecule has 1 saturated heterocycles. The highest BCUT2D eigenvalue weighted by Crippen LogP contribution is 2.33. The Morgan fingerprint density at radius 1 is 1.43 bits per heavy atom. The highest BCUT2D eigenvalue weighted by molar-refractivity contribution is 6.32. The largest absolute Gasteiger partial charge is 0.489 e. The van der Waals surface area contributed by atoms with Gasteiger partial charge >= 0.3 is 0 Å². The Morgan fingerprint density at radius 3 is 2.61 bits per heavy atom. The van der Waals surface area contributed by atoms with Crippen molar-refractivity contribution in [2.24, 2.45) is 11.1 Å². The predicted molar refractivity (Wildman–Crippen MR) is 94.6 cm³/mol. The molecule has 1 heterocycles. The first-order valence-corrected chi connectivity index (χ1v) is 7.90. The van der Waals surface area contributed by atoms with E-state index in [1.807, 2.05) is 13.8 Å². The average Bonchev–Trinajstić information content (AvgIpc) is 2.50. The normalized spacial score (nSPS) is 16.6. The number of anilines is 1. The zero-order valence-electron chi connectivity index (χ0n) is 13.4. The van der Waals surface area contributed by atoms with Crippen LogP contribution in [0.1, 0.15) is 26.7 Å². The fraction of sp³-hybridized carbons (Fsp3) is 0.562. The first-order chi connectivity index (χ1) is 10.5. The van der Waals surface area contributed by atoms with Crippen molar-refractivity contribution in [3.63, 3.8) is 0 Å². The second kappa shape index (κ2) is 8.73. The Morgan fingerprint density at radius 2 is 2.09 bits per heavy atom. The Kier molecular flexibility index (Phi) is 7.61. The number of halogens is 2. The summed E-state index contributed by atoms with van der Waals surface area (Å²) in [5.41, 5.74) is 5.93. The fourth-order valence-corrected chi connectivity index (χ4v) is 2.70. The van der Waals surface area contributed by atoms with Crippen molar-refractivity contribution in [1.82, 2.24) is 0 Å². The molecule has 0 aromatic heterocycles. The maximum Gasteiger partial charge on any atom is 0.232 e. The van der Waals surface area contributed by atoms with Gasteiger partial charge in [-0.3, -0.25) is 4.79 Å². The maximum atomic E-state index is 12.6. The van der Waals surface area contributed by atoms with Gasteiger partial charge in [0.25, 0.3) is 0 Å². The van der Waals surface area contributed by atoms with Gasteiger partial charge in [0.1, 0.15) is 5.75 Å². The van der Waals surface area contributed by atoms with Crippen molar-refractivity contribution in [2.45, 2.75) is 32.8 Å². The predicted octanol–water partition coefficient (Wildman–Crippen LogP) is 3.24. The van der Waals surface area contributed by atoms with E-state index in [1.54, 1.807) is 18.2 Å². The number of carbonyl (C=O) groups is 1. The summed E-state index contributed by atoms with van der Waals surface area (Å²) in [6, 6.07) is 5.24. The zero-order chi connectivity index (χ0) is 16.2. The van der Waals surface area contributed by atoms with E-state index in [2.05, 4.69) is 5.32 Å². The summed E-state index contributed by atoms with van der Waals surface area (Å²) in [6.45, 7) is 5.30. The molecular weight excluding hydrogens is 339 g/mol. The van der Waals surface area contributed by atoms with Crippen LogP contribution in [0.25, 0.3) is 0 Å². The number of amides is 1. The molecule has 23 heavy (non-hydrogen) atoms. The molecule has 3 N–H and O–H groups in total. The van der Waals surface area contributed by atoms with Crippen LogP contribution < -0.4 is 15.8 Å². The monoisotopic (exact) mass is 362 g/mol. The number of hydrogen-bond acceptors (Lipinski definition) is 4. The number of rotatable bonds is 5. The number of ether oxygens (including phenoxy) is 2. The summed E-state index contributed by atoms with van der Waals surface area (Å²) in [5, 5.41) is 3.38. The molecule has 0 saturated carbocycles. The Hall–Kier alpha value is -1.01. The van der Waals surface area contributed by atoms with E-state index < -0.39 is 5.41 Å². The maximum absolute atomic E-state index is 12.6. The Balaban J connectivity index is 0.00000264. The van der Waals surface area contributed by atoms with Gasteiger partial charge in [0.2, 0.25) is 5.91 Å². The van der Waals surface area contributed by atoms with E-state index in [0.29, 0.717) is 49.1 Å². The van der Waals surface area contributed by atoms with Gasteiger partial charge in [-0.05, 0) is 44.9 Å². The third-order valence-corrected chi connectivity index (χ3v) is 4.17. The number of hydrogen-bond donors (Lipinski definition) is 2. The molecule has 5 nitrogen and oxygen atoms in total. The van der Waals surface area contributed by atoms with Crippen LogP contribution in [-0.4, -0.2) is 31.8 Å². The first-order valence-electron chi connectivity index (χ1n) is 7.52.